The summed E-state index contributed by atoms with van der Waals surface area (Å²) in [6.45, 7) is 7.71. The van der Waals surface area contributed by atoms with E-state index in [-0.39, 0.29) is 42.0 Å². The van der Waals surface area contributed by atoms with Gasteiger partial charge in [-0.15, -0.1) is 24.8 Å². The molecular formula is C21H27Cl2FN4O. The van der Waals surface area contributed by atoms with Crippen LogP contribution in [0.1, 0.15) is 26.3 Å². The smallest absolute Gasteiger partial charge is 0.241 e. The Kier molecular flexibility index (Phi) is 7.82. The van der Waals surface area contributed by atoms with E-state index in [2.05, 4.69) is 10.3 Å². The van der Waals surface area contributed by atoms with E-state index in [0.717, 1.165) is 16.6 Å². The SMILES string of the molecule is Cc1ccc(-c2nc3cc(F)ccc3n2C)cc1NC(=O)[C@@H](N)C(C)(C)C.Cl.Cl. The number of imidazole rings is 1. The van der Waals surface area contributed by atoms with E-state index >= 15 is 0 Å². The molecule has 29 heavy (non-hydrogen) atoms. The third-order valence-electron chi connectivity index (χ3n) is 4.81. The van der Waals surface area contributed by atoms with Crippen molar-refractivity contribution < 1.29 is 9.18 Å². The first-order chi connectivity index (χ1) is 12.6. The highest BCUT2D eigenvalue weighted by Gasteiger charge is 2.27. The Morgan fingerprint density at radius 1 is 1.17 bits per heavy atom. The van der Waals surface area contributed by atoms with Crippen molar-refractivity contribution in [1.82, 2.24) is 9.55 Å². The van der Waals surface area contributed by atoms with E-state index in [1.54, 1.807) is 6.07 Å². The molecule has 3 N–H and O–H groups in total. The quantitative estimate of drug-likeness (QED) is 0.611. The van der Waals surface area contributed by atoms with Crippen molar-refractivity contribution in [2.45, 2.75) is 33.7 Å². The number of rotatable bonds is 3. The number of anilines is 1. The Morgan fingerprint density at radius 3 is 2.45 bits per heavy atom. The van der Waals surface area contributed by atoms with Gasteiger partial charge in [-0.2, -0.15) is 0 Å². The third kappa shape index (κ3) is 5.07. The molecule has 0 spiro atoms. The van der Waals surface area contributed by atoms with Crippen LogP contribution in [0.25, 0.3) is 22.4 Å². The Bertz CT molecular complexity index is 1030. The molecule has 1 heterocycles. The predicted molar refractivity (Wildman–Crippen MR) is 121 cm³/mol. The summed E-state index contributed by atoms with van der Waals surface area (Å²) < 4.78 is 15.4. The van der Waals surface area contributed by atoms with Gasteiger partial charge < -0.3 is 15.6 Å². The van der Waals surface area contributed by atoms with Crippen LogP contribution >= 0.6 is 24.8 Å². The monoisotopic (exact) mass is 440 g/mol. The minimum Gasteiger partial charge on any atom is -0.327 e. The lowest BCUT2D eigenvalue weighted by Crippen LogP contribution is -2.45. The fraction of sp³-hybridized carbons (Fsp3) is 0.333. The summed E-state index contributed by atoms with van der Waals surface area (Å²) in [6.07, 6.45) is 0. The van der Waals surface area contributed by atoms with Crippen molar-refractivity contribution in [2.75, 3.05) is 5.32 Å². The first kappa shape index (κ1) is 24.9. The molecule has 0 saturated carbocycles. The number of hydrogen-bond donors (Lipinski definition) is 2. The summed E-state index contributed by atoms with van der Waals surface area (Å²) in [7, 11) is 1.89. The lowest BCUT2D eigenvalue weighted by Gasteiger charge is -2.26. The fourth-order valence-corrected chi connectivity index (χ4v) is 2.93. The summed E-state index contributed by atoms with van der Waals surface area (Å²) in [5.74, 6) is 0.154. The van der Waals surface area contributed by atoms with E-state index in [1.165, 1.54) is 12.1 Å². The zero-order chi connectivity index (χ0) is 19.9. The summed E-state index contributed by atoms with van der Waals surface area (Å²) in [6, 6.07) is 9.65. The summed E-state index contributed by atoms with van der Waals surface area (Å²) in [4.78, 5) is 17.1. The molecule has 0 bridgehead atoms. The average Bonchev–Trinajstić information content (AvgIpc) is 2.91. The average molecular weight is 441 g/mol. The number of hydrogen-bond acceptors (Lipinski definition) is 3. The molecule has 1 atom stereocenters. The highest BCUT2D eigenvalue weighted by atomic mass is 35.5. The molecule has 5 nitrogen and oxygen atoms in total. The molecule has 0 saturated heterocycles. The number of benzene rings is 2. The van der Waals surface area contributed by atoms with Gasteiger partial charge in [0.2, 0.25) is 5.91 Å². The number of amides is 1. The topological polar surface area (TPSA) is 72.9 Å². The fourth-order valence-electron chi connectivity index (χ4n) is 2.93. The number of nitrogens with two attached hydrogens (primary N) is 1. The van der Waals surface area contributed by atoms with Crippen LogP contribution in [0.2, 0.25) is 0 Å². The maximum absolute atomic E-state index is 13.5. The molecule has 3 rings (SSSR count). The predicted octanol–water partition coefficient (Wildman–Crippen LogP) is 4.84. The van der Waals surface area contributed by atoms with E-state index in [4.69, 9.17) is 5.73 Å². The number of halogens is 3. The minimum absolute atomic E-state index is 0. The number of nitrogens with zero attached hydrogens (tertiary/aromatic N) is 2. The summed E-state index contributed by atoms with van der Waals surface area (Å²) in [5, 5.41) is 2.93. The van der Waals surface area contributed by atoms with Crippen LogP contribution in [0.5, 0.6) is 0 Å². The van der Waals surface area contributed by atoms with Crippen LogP contribution in [0, 0.1) is 18.2 Å². The Balaban J connectivity index is 0.00000210. The van der Waals surface area contributed by atoms with E-state index in [9.17, 15) is 9.18 Å². The lowest BCUT2D eigenvalue weighted by molar-refractivity contribution is -0.119. The van der Waals surface area contributed by atoms with Crippen LogP contribution in [0.3, 0.4) is 0 Å². The van der Waals surface area contributed by atoms with Gasteiger partial charge in [-0.1, -0.05) is 32.9 Å². The molecule has 1 aromatic heterocycles. The van der Waals surface area contributed by atoms with Crippen LogP contribution in [0.4, 0.5) is 10.1 Å². The number of carbonyl (C=O) groups is 1. The largest absolute Gasteiger partial charge is 0.327 e. The first-order valence-electron chi connectivity index (χ1n) is 8.87. The molecular weight excluding hydrogens is 414 g/mol. The van der Waals surface area contributed by atoms with Gasteiger partial charge in [0.1, 0.15) is 11.6 Å². The molecule has 0 unspecified atom stereocenters. The summed E-state index contributed by atoms with van der Waals surface area (Å²) in [5.41, 5.74) is 9.61. The second-order valence-corrected chi connectivity index (χ2v) is 7.99. The maximum atomic E-state index is 13.5. The third-order valence-corrected chi connectivity index (χ3v) is 4.81. The molecule has 0 radical (unpaired) electrons. The molecule has 0 aliphatic carbocycles. The lowest BCUT2D eigenvalue weighted by atomic mass is 9.87. The van der Waals surface area contributed by atoms with Gasteiger partial charge in [-0.3, -0.25) is 4.79 Å². The van der Waals surface area contributed by atoms with Gasteiger partial charge >= 0.3 is 0 Å². The van der Waals surface area contributed by atoms with Gasteiger partial charge in [-0.05, 0) is 36.1 Å². The van der Waals surface area contributed by atoms with Crippen molar-refractivity contribution in [3.63, 3.8) is 0 Å². The van der Waals surface area contributed by atoms with Crippen molar-refractivity contribution >= 4 is 47.4 Å². The molecule has 3 aromatic rings. The van der Waals surface area contributed by atoms with Crippen LogP contribution in [-0.4, -0.2) is 21.5 Å². The zero-order valence-electron chi connectivity index (χ0n) is 17.1. The minimum atomic E-state index is -0.626. The Labute approximate surface area is 182 Å². The molecule has 158 valence electrons. The van der Waals surface area contributed by atoms with E-state index < -0.39 is 6.04 Å². The number of aryl methyl sites for hydroxylation is 2. The van der Waals surface area contributed by atoms with Crippen molar-refractivity contribution in [2.24, 2.45) is 18.2 Å². The van der Waals surface area contributed by atoms with Crippen molar-refractivity contribution in [3.8, 4) is 11.4 Å². The molecule has 2 aromatic carbocycles. The second kappa shape index (κ2) is 9.11. The zero-order valence-corrected chi connectivity index (χ0v) is 18.7. The highest BCUT2D eigenvalue weighted by Crippen LogP contribution is 2.28. The maximum Gasteiger partial charge on any atom is 0.241 e. The standard InChI is InChI=1S/C21H25FN4O.2ClH/c1-12-6-7-13(10-15(12)25-20(27)18(23)21(2,3)4)19-24-16-11-14(22)8-9-17(16)26(19)5;;/h6-11,18H,23H2,1-5H3,(H,25,27);2*1H/t18-;;/m1../s1. The van der Waals surface area contributed by atoms with Gasteiger partial charge in [0, 0.05) is 24.4 Å². The van der Waals surface area contributed by atoms with E-state index in [1.807, 2.05) is 57.5 Å². The highest BCUT2D eigenvalue weighted by molar-refractivity contribution is 5.96. The first-order valence-corrected chi connectivity index (χ1v) is 8.87. The van der Waals surface area contributed by atoms with Crippen LogP contribution < -0.4 is 11.1 Å². The number of aromatic nitrogens is 2. The van der Waals surface area contributed by atoms with Gasteiger partial charge in [0.25, 0.3) is 0 Å². The summed E-state index contributed by atoms with van der Waals surface area (Å²) >= 11 is 0. The van der Waals surface area contributed by atoms with E-state index in [0.29, 0.717) is 17.0 Å². The second-order valence-electron chi connectivity index (χ2n) is 7.99. The number of carbonyl (C=O) groups excluding carboxylic acids is 1. The molecule has 8 heteroatoms. The van der Waals surface area contributed by atoms with Gasteiger partial charge in [-0.25, -0.2) is 9.37 Å². The van der Waals surface area contributed by atoms with Gasteiger partial charge in [0.15, 0.2) is 0 Å². The van der Waals surface area contributed by atoms with Crippen LogP contribution in [0.15, 0.2) is 36.4 Å². The molecule has 1 amide bonds. The van der Waals surface area contributed by atoms with Crippen LogP contribution in [-0.2, 0) is 11.8 Å². The van der Waals surface area contributed by atoms with Crippen molar-refractivity contribution in [1.29, 1.82) is 0 Å². The van der Waals surface area contributed by atoms with Gasteiger partial charge in [0.05, 0.1) is 17.1 Å². The molecule has 0 aliphatic rings. The Morgan fingerprint density at radius 2 is 1.83 bits per heavy atom. The molecule has 0 aliphatic heterocycles. The number of nitrogens with one attached hydrogen (secondary N) is 1. The Hall–Kier alpha value is -2.15. The molecule has 0 fully saturated rings. The van der Waals surface area contributed by atoms with Crippen molar-refractivity contribution in [3.05, 3.63) is 47.8 Å². The number of fused-ring (bicyclic) bond motifs is 1. The normalized spacial score (nSPS) is 12.1.